The van der Waals surface area contributed by atoms with Crippen LogP contribution in [-0.4, -0.2) is 93.2 Å². The Balaban J connectivity index is 2.20. The largest absolute Gasteiger partial charge is 0.465 e. The van der Waals surface area contributed by atoms with Crippen LogP contribution in [0.4, 0.5) is 0 Å². The van der Waals surface area contributed by atoms with Gasteiger partial charge in [0.15, 0.2) is 0 Å². The topological polar surface area (TPSA) is 62.0 Å². The molecular weight excluding hydrogens is 244 g/mol. The Morgan fingerprint density at radius 2 is 1.84 bits per heavy atom. The number of ether oxygens (including phenoxy) is 1. The quantitative estimate of drug-likeness (QED) is 0.603. The van der Waals surface area contributed by atoms with Crippen molar-refractivity contribution in [2.75, 3.05) is 66.5 Å². The summed E-state index contributed by atoms with van der Waals surface area (Å²) in [5.74, 6) is -0.294. The van der Waals surface area contributed by atoms with Crippen LogP contribution >= 0.6 is 0 Å². The molecule has 1 rings (SSSR count). The van der Waals surface area contributed by atoms with E-state index >= 15 is 0 Å². The third-order valence-corrected chi connectivity index (χ3v) is 3.37. The molecule has 1 atom stereocenters. The summed E-state index contributed by atoms with van der Waals surface area (Å²) in [5, 5.41) is 0. The molecule has 112 valence electrons. The van der Waals surface area contributed by atoms with Crippen molar-refractivity contribution in [1.29, 1.82) is 0 Å². The van der Waals surface area contributed by atoms with Crippen molar-refractivity contribution in [3.63, 3.8) is 0 Å². The standard InChI is InChI=1S/C13H28N4O2/c1-4-19-13(18)12(14)11-17-9-7-16(8-10-17)6-5-15(2)3/h12H,4-11,14H2,1-3H3. The minimum atomic E-state index is -0.520. The number of carbonyl (C=O) groups is 1. The smallest absolute Gasteiger partial charge is 0.324 e. The molecule has 0 aliphatic carbocycles. The van der Waals surface area contributed by atoms with E-state index in [1.807, 2.05) is 0 Å². The molecule has 6 heteroatoms. The number of likely N-dealkylation sites (N-methyl/N-ethyl adjacent to an activating group) is 1. The van der Waals surface area contributed by atoms with Gasteiger partial charge in [-0.15, -0.1) is 0 Å². The van der Waals surface area contributed by atoms with E-state index < -0.39 is 6.04 Å². The van der Waals surface area contributed by atoms with Gasteiger partial charge in [-0.05, 0) is 21.0 Å². The monoisotopic (exact) mass is 272 g/mol. The summed E-state index contributed by atoms with van der Waals surface area (Å²) in [4.78, 5) is 18.4. The maximum absolute atomic E-state index is 11.5. The van der Waals surface area contributed by atoms with Gasteiger partial charge in [0.2, 0.25) is 0 Å². The van der Waals surface area contributed by atoms with Crippen molar-refractivity contribution in [3.05, 3.63) is 0 Å². The van der Waals surface area contributed by atoms with Gasteiger partial charge in [0.1, 0.15) is 6.04 Å². The van der Waals surface area contributed by atoms with Crippen LogP contribution in [0, 0.1) is 0 Å². The number of esters is 1. The van der Waals surface area contributed by atoms with Crippen molar-refractivity contribution in [3.8, 4) is 0 Å². The molecule has 0 aromatic rings. The van der Waals surface area contributed by atoms with E-state index in [-0.39, 0.29) is 5.97 Å². The van der Waals surface area contributed by atoms with E-state index in [0.717, 1.165) is 39.3 Å². The summed E-state index contributed by atoms with van der Waals surface area (Å²) in [6.45, 7) is 9.01. The fraction of sp³-hybridized carbons (Fsp3) is 0.923. The highest BCUT2D eigenvalue weighted by atomic mass is 16.5. The molecule has 6 nitrogen and oxygen atoms in total. The summed E-state index contributed by atoms with van der Waals surface area (Å²) in [6.07, 6.45) is 0. The summed E-state index contributed by atoms with van der Waals surface area (Å²) in [6, 6.07) is -0.520. The van der Waals surface area contributed by atoms with E-state index in [1.165, 1.54) is 0 Å². The average molecular weight is 272 g/mol. The van der Waals surface area contributed by atoms with Gasteiger partial charge in [-0.1, -0.05) is 0 Å². The number of piperazine rings is 1. The first kappa shape index (κ1) is 16.4. The fourth-order valence-corrected chi connectivity index (χ4v) is 2.14. The lowest BCUT2D eigenvalue weighted by Crippen LogP contribution is -2.52. The Kier molecular flexibility index (Phi) is 7.30. The van der Waals surface area contributed by atoms with Gasteiger partial charge in [-0.3, -0.25) is 14.6 Å². The molecule has 1 fully saturated rings. The summed E-state index contributed by atoms with van der Waals surface area (Å²) < 4.78 is 4.92. The molecule has 0 saturated carbocycles. The number of hydrogen-bond donors (Lipinski definition) is 1. The van der Waals surface area contributed by atoms with Crippen LogP contribution in [0.1, 0.15) is 6.92 Å². The van der Waals surface area contributed by atoms with Crippen molar-refractivity contribution in [2.24, 2.45) is 5.73 Å². The Hall–Kier alpha value is -0.690. The molecule has 1 saturated heterocycles. The highest BCUT2D eigenvalue weighted by Crippen LogP contribution is 2.02. The number of rotatable bonds is 7. The normalized spacial score (nSPS) is 19.6. The van der Waals surface area contributed by atoms with Crippen LogP contribution in [0.3, 0.4) is 0 Å². The second-order valence-electron chi connectivity index (χ2n) is 5.30. The minimum Gasteiger partial charge on any atom is -0.465 e. The first-order chi connectivity index (χ1) is 9.02. The maximum atomic E-state index is 11.5. The molecule has 0 bridgehead atoms. The van der Waals surface area contributed by atoms with Crippen LogP contribution in [-0.2, 0) is 9.53 Å². The lowest BCUT2D eigenvalue weighted by atomic mass is 10.2. The predicted octanol–water partition coefficient (Wildman–Crippen LogP) is -0.944. The van der Waals surface area contributed by atoms with Crippen molar-refractivity contribution in [2.45, 2.75) is 13.0 Å². The van der Waals surface area contributed by atoms with Crippen molar-refractivity contribution >= 4 is 5.97 Å². The van der Waals surface area contributed by atoms with E-state index in [2.05, 4.69) is 28.8 Å². The molecule has 0 spiro atoms. The van der Waals surface area contributed by atoms with Crippen molar-refractivity contribution < 1.29 is 9.53 Å². The van der Waals surface area contributed by atoms with E-state index in [0.29, 0.717) is 13.2 Å². The van der Waals surface area contributed by atoms with Crippen molar-refractivity contribution in [1.82, 2.24) is 14.7 Å². The lowest BCUT2D eigenvalue weighted by Gasteiger charge is -2.35. The number of hydrogen-bond acceptors (Lipinski definition) is 6. The maximum Gasteiger partial charge on any atom is 0.324 e. The van der Waals surface area contributed by atoms with E-state index in [4.69, 9.17) is 10.5 Å². The molecule has 1 unspecified atom stereocenters. The van der Waals surface area contributed by atoms with Gasteiger partial charge in [-0.25, -0.2) is 0 Å². The molecule has 1 aliphatic rings. The molecule has 1 aliphatic heterocycles. The van der Waals surface area contributed by atoms with Gasteiger partial charge in [0.25, 0.3) is 0 Å². The molecular formula is C13H28N4O2. The number of carbonyl (C=O) groups excluding carboxylic acids is 1. The summed E-state index contributed by atoms with van der Waals surface area (Å²) >= 11 is 0. The van der Waals surface area contributed by atoms with E-state index in [9.17, 15) is 4.79 Å². The zero-order valence-electron chi connectivity index (χ0n) is 12.5. The van der Waals surface area contributed by atoms with Crippen LogP contribution in [0.15, 0.2) is 0 Å². The lowest BCUT2D eigenvalue weighted by molar-refractivity contribution is -0.145. The molecule has 2 N–H and O–H groups in total. The zero-order valence-corrected chi connectivity index (χ0v) is 12.5. The van der Waals surface area contributed by atoms with E-state index in [1.54, 1.807) is 6.92 Å². The molecule has 0 aromatic heterocycles. The predicted molar refractivity (Wildman–Crippen MR) is 76.0 cm³/mol. The third kappa shape index (κ3) is 6.33. The third-order valence-electron chi connectivity index (χ3n) is 3.37. The van der Waals surface area contributed by atoms with Gasteiger partial charge < -0.3 is 15.4 Å². The minimum absolute atomic E-state index is 0.294. The molecule has 0 amide bonds. The highest BCUT2D eigenvalue weighted by Gasteiger charge is 2.22. The zero-order chi connectivity index (χ0) is 14.3. The van der Waals surface area contributed by atoms with Gasteiger partial charge >= 0.3 is 5.97 Å². The second kappa shape index (κ2) is 8.47. The van der Waals surface area contributed by atoms with Gasteiger partial charge in [-0.2, -0.15) is 0 Å². The van der Waals surface area contributed by atoms with Crippen LogP contribution in [0.2, 0.25) is 0 Å². The first-order valence-corrected chi connectivity index (χ1v) is 7.04. The number of nitrogens with zero attached hydrogens (tertiary/aromatic N) is 3. The van der Waals surface area contributed by atoms with Gasteiger partial charge in [0, 0.05) is 45.8 Å². The molecule has 0 aromatic carbocycles. The highest BCUT2D eigenvalue weighted by molar-refractivity contribution is 5.75. The average Bonchev–Trinajstić information content (AvgIpc) is 2.38. The molecule has 1 heterocycles. The Bertz CT molecular complexity index is 265. The first-order valence-electron chi connectivity index (χ1n) is 7.04. The second-order valence-corrected chi connectivity index (χ2v) is 5.30. The Labute approximate surface area is 116 Å². The van der Waals surface area contributed by atoms with Gasteiger partial charge in [0.05, 0.1) is 6.61 Å². The van der Waals surface area contributed by atoms with Crippen LogP contribution in [0.25, 0.3) is 0 Å². The molecule has 0 radical (unpaired) electrons. The van der Waals surface area contributed by atoms with Crippen LogP contribution < -0.4 is 5.73 Å². The van der Waals surface area contributed by atoms with Crippen LogP contribution in [0.5, 0.6) is 0 Å². The SMILES string of the molecule is CCOC(=O)C(N)CN1CCN(CCN(C)C)CC1. The number of nitrogens with two attached hydrogens (primary N) is 1. The summed E-state index contributed by atoms with van der Waals surface area (Å²) in [5.41, 5.74) is 5.83. The fourth-order valence-electron chi connectivity index (χ4n) is 2.14. The summed E-state index contributed by atoms with van der Waals surface area (Å²) in [7, 11) is 4.18. The molecule has 19 heavy (non-hydrogen) atoms. The Morgan fingerprint density at radius 1 is 1.26 bits per heavy atom. The Morgan fingerprint density at radius 3 is 2.37 bits per heavy atom.